The summed E-state index contributed by atoms with van der Waals surface area (Å²) >= 11 is 12.4. The van der Waals surface area contributed by atoms with Gasteiger partial charge in [0.25, 0.3) is 10.0 Å². The van der Waals surface area contributed by atoms with Crippen LogP contribution in [0.2, 0.25) is 5.02 Å². The Morgan fingerprint density at radius 2 is 1.42 bits per heavy atom. The van der Waals surface area contributed by atoms with E-state index < -0.39 is 17.4 Å². The number of ether oxygens (including phenoxy) is 1. The highest BCUT2D eigenvalue weighted by Gasteiger charge is 2.44. The lowest BCUT2D eigenvalue weighted by molar-refractivity contribution is 0.340. The summed E-state index contributed by atoms with van der Waals surface area (Å²) in [4.78, 5) is -0.0345. The van der Waals surface area contributed by atoms with Gasteiger partial charge in [0.1, 0.15) is 18.0 Å². The standard InChI is InChI=1S/C31H47ClN5O3PS2/c1-5-40-27-17-14-25(15-18-27)35-43(38,39)29-24-26(16-19-28(29)32)33-30(42)34-41(31(2,3)4,36-20-10-6-7-11-21-36)37-22-12-8-9-13-23-37/h14-19,24,35H,5-13,20-23H2,1-4H3,(H,33,42). The third-order valence-electron chi connectivity index (χ3n) is 7.97. The minimum atomic E-state index is -3.97. The molecule has 2 saturated heterocycles. The smallest absolute Gasteiger partial charge is 0.263 e. The fraction of sp³-hybridized carbons (Fsp3) is 0.581. The summed E-state index contributed by atoms with van der Waals surface area (Å²) in [7, 11) is -6.24. The Labute approximate surface area is 269 Å². The van der Waals surface area contributed by atoms with Gasteiger partial charge in [-0.2, -0.15) is 0 Å². The summed E-state index contributed by atoms with van der Waals surface area (Å²) in [6.45, 7) is 13.4. The Hall–Kier alpha value is -1.68. The maximum Gasteiger partial charge on any atom is 0.263 e. The highest BCUT2D eigenvalue weighted by Crippen LogP contribution is 2.67. The van der Waals surface area contributed by atoms with Crippen LogP contribution in [0.1, 0.15) is 79.1 Å². The van der Waals surface area contributed by atoms with E-state index in [2.05, 4.69) is 40.2 Å². The lowest BCUT2D eigenvalue weighted by atomic mass is 10.2. The van der Waals surface area contributed by atoms with Crippen molar-refractivity contribution in [1.29, 1.82) is 0 Å². The molecule has 2 aliphatic heterocycles. The maximum atomic E-state index is 13.4. The van der Waals surface area contributed by atoms with Crippen LogP contribution in [-0.2, 0) is 10.0 Å². The molecule has 12 heteroatoms. The fourth-order valence-corrected chi connectivity index (χ4v) is 12.7. The third kappa shape index (κ3) is 8.53. The number of thiocarbonyl (C=S) groups is 1. The molecule has 0 radical (unpaired) electrons. The summed E-state index contributed by atoms with van der Waals surface area (Å²) in [5.41, 5.74) is 0.946. The zero-order chi connectivity index (χ0) is 31.1. The molecule has 2 aromatic rings. The summed E-state index contributed by atoms with van der Waals surface area (Å²) in [6.07, 6.45) is 9.66. The van der Waals surface area contributed by atoms with E-state index in [1.165, 1.54) is 57.4 Å². The molecule has 0 amide bonds. The number of sulfonamides is 1. The number of hydrogen-bond donors (Lipinski definition) is 2. The molecule has 2 aliphatic rings. The quantitative estimate of drug-likeness (QED) is 0.215. The largest absolute Gasteiger partial charge is 0.494 e. The number of hydrogen-bond acceptors (Lipinski definition) is 4. The van der Waals surface area contributed by atoms with Gasteiger partial charge in [-0.3, -0.25) is 14.1 Å². The third-order valence-corrected chi connectivity index (χ3v) is 14.8. The number of rotatable bonds is 8. The average Bonchev–Trinajstić information content (AvgIpc) is 3.39. The highest BCUT2D eigenvalue weighted by molar-refractivity contribution is 7.92. The molecule has 43 heavy (non-hydrogen) atoms. The van der Waals surface area contributed by atoms with Crippen molar-refractivity contribution in [2.24, 2.45) is 4.74 Å². The Kier molecular flexibility index (Phi) is 12.0. The van der Waals surface area contributed by atoms with Crippen LogP contribution in [0.5, 0.6) is 5.75 Å². The monoisotopic (exact) mass is 667 g/mol. The van der Waals surface area contributed by atoms with Crippen molar-refractivity contribution < 1.29 is 13.2 Å². The molecular formula is C31H47ClN5O3PS2. The zero-order valence-electron chi connectivity index (χ0n) is 25.9. The highest BCUT2D eigenvalue weighted by atomic mass is 35.5. The first-order chi connectivity index (χ1) is 20.5. The lowest BCUT2D eigenvalue weighted by Crippen LogP contribution is -2.42. The molecule has 0 atom stereocenters. The number of anilines is 2. The van der Waals surface area contributed by atoms with Crippen LogP contribution in [0.25, 0.3) is 0 Å². The minimum Gasteiger partial charge on any atom is -0.494 e. The molecule has 4 rings (SSSR count). The second-order valence-corrected chi connectivity index (χ2v) is 18.5. The molecule has 0 bridgehead atoms. The molecule has 238 valence electrons. The van der Waals surface area contributed by atoms with E-state index in [-0.39, 0.29) is 15.1 Å². The number of nitrogens with zero attached hydrogens (tertiary/aromatic N) is 3. The Morgan fingerprint density at radius 3 is 1.91 bits per heavy atom. The molecule has 2 heterocycles. The van der Waals surface area contributed by atoms with Gasteiger partial charge < -0.3 is 10.1 Å². The molecule has 0 unspecified atom stereocenters. The molecule has 0 spiro atoms. The Balaban J connectivity index is 1.66. The Bertz CT molecular complexity index is 1370. The molecule has 0 saturated carbocycles. The maximum absolute atomic E-state index is 13.4. The lowest BCUT2D eigenvalue weighted by Gasteiger charge is -2.50. The minimum absolute atomic E-state index is 0.0345. The van der Waals surface area contributed by atoms with E-state index in [0.717, 1.165) is 26.2 Å². The van der Waals surface area contributed by atoms with Crippen molar-refractivity contribution in [3.05, 3.63) is 47.5 Å². The summed E-state index contributed by atoms with van der Waals surface area (Å²) in [5, 5.41) is 3.65. The van der Waals surface area contributed by atoms with Crippen LogP contribution in [0.3, 0.4) is 0 Å². The van der Waals surface area contributed by atoms with Crippen molar-refractivity contribution in [2.75, 3.05) is 42.8 Å². The zero-order valence-corrected chi connectivity index (χ0v) is 29.2. The normalized spacial score (nSPS) is 17.9. The number of nitrogens with one attached hydrogen (secondary N) is 2. The first-order valence-corrected chi connectivity index (χ1v) is 19.4. The molecule has 2 aromatic carbocycles. The van der Waals surface area contributed by atoms with E-state index in [9.17, 15) is 8.42 Å². The predicted molar refractivity (Wildman–Crippen MR) is 185 cm³/mol. The van der Waals surface area contributed by atoms with Gasteiger partial charge in [0.2, 0.25) is 0 Å². The molecule has 0 aromatic heterocycles. The van der Waals surface area contributed by atoms with Gasteiger partial charge in [0.05, 0.1) is 11.6 Å². The second-order valence-electron chi connectivity index (χ2n) is 12.2. The topological polar surface area (TPSA) is 86.3 Å². The SMILES string of the molecule is CCOc1ccc(NS(=O)(=O)c2cc(NC(=S)N=P(N3CCCCCC3)(N3CCCCCC3)C(C)(C)C)ccc2Cl)cc1. The first-order valence-electron chi connectivity index (χ1n) is 15.5. The fourth-order valence-electron chi connectivity index (χ4n) is 6.03. The van der Waals surface area contributed by atoms with E-state index in [4.69, 9.17) is 33.3 Å². The van der Waals surface area contributed by atoms with Crippen LogP contribution >= 0.6 is 31.2 Å². The van der Waals surface area contributed by atoms with Crippen LogP contribution in [0.15, 0.2) is 52.1 Å². The second kappa shape index (κ2) is 15.1. The van der Waals surface area contributed by atoms with Crippen LogP contribution in [-0.4, -0.2) is 60.8 Å². The van der Waals surface area contributed by atoms with E-state index in [0.29, 0.717) is 28.8 Å². The van der Waals surface area contributed by atoms with Crippen molar-refractivity contribution in [3.8, 4) is 5.75 Å². The summed E-state index contributed by atoms with van der Waals surface area (Å²) < 4.78 is 45.7. The van der Waals surface area contributed by atoms with E-state index in [1.807, 2.05) is 6.92 Å². The summed E-state index contributed by atoms with van der Waals surface area (Å²) in [6, 6.07) is 11.6. The average molecular weight is 668 g/mol. The van der Waals surface area contributed by atoms with Crippen LogP contribution < -0.4 is 14.8 Å². The molecule has 0 aliphatic carbocycles. The number of benzene rings is 2. The summed E-state index contributed by atoms with van der Waals surface area (Å²) in [5.74, 6) is 0.668. The van der Waals surface area contributed by atoms with Gasteiger partial charge in [0, 0.05) is 42.7 Å². The van der Waals surface area contributed by atoms with Crippen molar-refractivity contribution in [1.82, 2.24) is 9.34 Å². The molecule has 2 N–H and O–H groups in total. The van der Waals surface area contributed by atoms with Crippen LogP contribution in [0.4, 0.5) is 11.4 Å². The van der Waals surface area contributed by atoms with Crippen molar-refractivity contribution >= 4 is 57.7 Å². The van der Waals surface area contributed by atoms with E-state index in [1.54, 1.807) is 36.4 Å². The van der Waals surface area contributed by atoms with Gasteiger partial charge in [-0.15, -0.1) is 0 Å². The van der Waals surface area contributed by atoms with Crippen LogP contribution in [0, 0.1) is 0 Å². The van der Waals surface area contributed by atoms with Crippen molar-refractivity contribution in [3.63, 3.8) is 0 Å². The molecular weight excluding hydrogens is 621 g/mol. The first kappa shape index (κ1) is 34.2. The molecule has 2 fully saturated rings. The van der Waals surface area contributed by atoms with Gasteiger partial charge >= 0.3 is 0 Å². The van der Waals surface area contributed by atoms with Gasteiger partial charge in [-0.25, -0.2) is 13.2 Å². The van der Waals surface area contributed by atoms with Gasteiger partial charge in [-0.05, 0) is 87.3 Å². The van der Waals surface area contributed by atoms with E-state index >= 15 is 0 Å². The van der Waals surface area contributed by atoms with Gasteiger partial charge in [-0.1, -0.05) is 58.1 Å². The molecule has 8 nitrogen and oxygen atoms in total. The van der Waals surface area contributed by atoms with Crippen molar-refractivity contribution in [2.45, 2.75) is 89.1 Å². The Morgan fingerprint density at radius 1 is 0.907 bits per heavy atom. The van der Waals surface area contributed by atoms with Gasteiger partial charge in [0.15, 0.2) is 5.11 Å². The predicted octanol–water partition coefficient (Wildman–Crippen LogP) is 8.82. The number of halogens is 1.